The van der Waals surface area contributed by atoms with Crippen LogP contribution in [0.3, 0.4) is 0 Å². The van der Waals surface area contributed by atoms with Gasteiger partial charge < -0.3 is 25.2 Å². The molecule has 0 radical (unpaired) electrons. The Balaban J connectivity index is 0.00000364. The number of aliphatic hydroxyl groups is 1. The van der Waals surface area contributed by atoms with Gasteiger partial charge in [0.05, 0.1) is 20.8 Å². The molecule has 0 saturated carbocycles. The maximum absolute atomic E-state index is 13.7. The highest BCUT2D eigenvalue weighted by Crippen LogP contribution is 2.29. The van der Waals surface area contributed by atoms with Crippen molar-refractivity contribution in [2.24, 2.45) is 4.99 Å². The lowest BCUT2D eigenvalue weighted by Gasteiger charge is -2.15. The molecule has 0 aliphatic carbocycles. The molecule has 2 rings (SSSR count). The SMILES string of the molecule is CCNC(=NCC(O)c1ccccc1F)Nc1ccc(OC)c(OC)c1.I. The first-order chi connectivity index (χ1) is 12.6. The number of anilines is 1. The number of aliphatic imine (C=N–C) groups is 1. The highest BCUT2D eigenvalue weighted by molar-refractivity contribution is 14.0. The lowest BCUT2D eigenvalue weighted by molar-refractivity contribution is 0.182. The monoisotopic (exact) mass is 489 g/mol. The summed E-state index contributed by atoms with van der Waals surface area (Å²) in [6, 6.07) is 11.5. The molecule has 8 heteroatoms. The number of ether oxygens (including phenoxy) is 2. The standard InChI is InChI=1S/C19H24FN3O3.HI/c1-4-21-19(22-12-16(24)14-7-5-6-8-15(14)20)23-13-9-10-17(25-2)18(11-13)26-3;/h5-11,16,24H,4,12H2,1-3H3,(H2,21,22,23);1H. The number of hydrogen-bond donors (Lipinski definition) is 3. The number of guanidine groups is 1. The number of rotatable bonds is 7. The Labute approximate surface area is 175 Å². The average molecular weight is 489 g/mol. The predicted octanol–water partition coefficient (Wildman–Crippen LogP) is 3.57. The van der Waals surface area contributed by atoms with Crippen LogP contribution in [0.25, 0.3) is 0 Å². The Kier molecular flexibility index (Phi) is 9.87. The number of nitrogens with zero attached hydrogens (tertiary/aromatic N) is 1. The van der Waals surface area contributed by atoms with Crippen molar-refractivity contribution in [3.63, 3.8) is 0 Å². The fourth-order valence-corrected chi connectivity index (χ4v) is 2.38. The molecule has 0 heterocycles. The molecule has 3 N–H and O–H groups in total. The third-order valence-electron chi connectivity index (χ3n) is 3.68. The van der Waals surface area contributed by atoms with Crippen molar-refractivity contribution >= 4 is 35.6 Å². The van der Waals surface area contributed by atoms with E-state index in [0.717, 1.165) is 5.69 Å². The molecule has 148 valence electrons. The van der Waals surface area contributed by atoms with Gasteiger partial charge in [0.1, 0.15) is 11.9 Å². The minimum Gasteiger partial charge on any atom is -0.493 e. The van der Waals surface area contributed by atoms with Gasteiger partial charge in [0.15, 0.2) is 17.5 Å². The summed E-state index contributed by atoms with van der Waals surface area (Å²) in [5.74, 6) is 1.22. The molecule has 0 bridgehead atoms. The Morgan fingerprint density at radius 1 is 1.15 bits per heavy atom. The Morgan fingerprint density at radius 3 is 2.48 bits per heavy atom. The number of halogens is 2. The zero-order valence-electron chi connectivity index (χ0n) is 15.5. The van der Waals surface area contributed by atoms with E-state index in [-0.39, 0.29) is 36.1 Å². The van der Waals surface area contributed by atoms with Crippen molar-refractivity contribution in [2.45, 2.75) is 13.0 Å². The van der Waals surface area contributed by atoms with Gasteiger partial charge in [-0.2, -0.15) is 0 Å². The summed E-state index contributed by atoms with van der Waals surface area (Å²) in [7, 11) is 3.13. The van der Waals surface area contributed by atoms with Crippen molar-refractivity contribution in [1.29, 1.82) is 0 Å². The van der Waals surface area contributed by atoms with E-state index in [1.807, 2.05) is 13.0 Å². The second-order valence-corrected chi connectivity index (χ2v) is 5.45. The highest BCUT2D eigenvalue weighted by atomic mass is 127. The number of benzene rings is 2. The fraction of sp³-hybridized carbons (Fsp3) is 0.316. The summed E-state index contributed by atoms with van der Waals surface area (Å²) in [5, 5.41) is 16.4. The van der Waals surface area contributed by atoms with Crippen molar-refractivity contribution in [3.8, 4) is 11.5 Å². The van der Waals surface area contributed by atoms with Gasteiger partial charge >= 0.3 is 0 Å². The molecule has 0 aliphatic heterocycles. The van der Waals surface area contributed by atoms with Gasteiger partial charge in [0.2, 0.25) is 0 Å². The van der Waals surface area contributed by atoms with Gasteiger partial charge in [0.25, 0.3) is 0 Å². The van der Waals surface area contributed by atoms with E-state index in [0.29, 0.717) is 24.0 Å². The second-order valence-electron chi connectivity index (χ2n) is 5.45. The molecular weight excluding hydrogens is 464 g/mol. The molecule has 27 heavy (non-hydrogen) atoms. The van der Waals surface area contributed by atoms with Crippen LogP contribution >= 0.6 is 24.0 Å². The first-order valence-electron chi connectivity index (χ1n) is 8.28. The molecule has 1 unspecified atom stereocenters. The third kappa shape index (κ3) is 6.55. The van der Waals surface area contributed by atoms with Gasteiger partial charge in [0, 0.05) is 23.9 Å². The van der Waals surface area contributed by atoms with Gasteiger partial charge in [-0.25, -0.2) is 9.38 Å². The molecule has 2 aromatic rings. The van der Waals surface area contributed by atoms with E-state index in [1.165, 1.54) is 6.07 Å². The van der Waals surface area contributed by atoms with Crippen LogP contribution in [-0.2, 0) is 0 Å². The van der Waals surface area contributed by atoms with E-state index in [4.69, 9.17) is 9.47 Å². The molecule has 1 atom stereocenters. The molecule has 0 aliphatic rings. The van der Waals surface area contributed by atoms with Crippen molar-refractivity contribution in [3.05, 3.63) is 53.8 Å². The Hall–Kier alpha value is -2.07. The number of hydrogen-bond acceptors (Lipinski definition) is 4. The summed E-state index contributed by atoms with van der Waals surface area (Å²) in [4.78, 5) is 4.33. The summed E-state index contributed by atoms with van der Waals surface area (Å²) >= 11 is 0. The molecular formula is C19H25FIN3O3. The summed E-state index contributed by atoms with van der Waals surface area (Å²) in [6.07, 6.45) is -1.03. The maximum Gasteiger partial charge on any atom is 0.195 e. The van der Waals surface area contributed by atoms with Gasteiger partial charge in [-0.3, -0.25) is 0 Å². The topological polar surface area (TPSA) is 75.1 Å². The van der Waals surface area contributed by atoms with Crippen LogP contribution in [0.1, 0.15) is 18.6 Å². The predicted molar refractivity (Wildman–Crippen MR) is 116 cm³/mol. The largest absolute Gasteiger partial charge is 0.493 e. The van der Waals surface area contributed by atoms with Gasteiger partial charge in [-0.1, -0.05) is 18.2 Å². The van der Waals surface area contributed by atoms with E-state index in [9.17, 15) is 9.50 Å². The van der Waals surface area contributed by atoms with Crippen molar-refractivity contribution < 1.29 is 19.0 Å². The van der Waals surface area contributed by atoms with Crippen LogP contribution in [-0.4, -0.2) is 38.4 Å². The Bertz CT molecular complexity index is 759. The number of methoxy groups -OCH3 is 2. The quantitative estimate of drug-likeness (QED) is 0.315. The lowest BCUT2D eigenvalue weighted by atomic mass is 10.1. The van der Waals surface area contributed by atoms with E-state index in [1.54, 1.807) is 44.6 Å². The highest BCUT2D eigenvalue weighted by Gasteiger charge is 2.12. The van der Waals surface area contributed by atoms with Crippen molar-refractivity contribution in [2.75, 3.05) is 32.6 Å². The lowest BCUT2D eigenvalue weighted by Crippen LogP contribution is -2.31. The Morgan fingerprint density at radius 2 is 1.85 bits per heavy atom. The van der Waals surface area contributed by atoms with Crippen LogP contribution in [0.15, 0.2) is 47.5 Å². The molecule has 6 nitrogen and oxygen atoms in total. The number of nitrogens with one attached hydrogen (secondary N) is 2. The fourth-order valence-electron chi connectivity index (χ4n) is 2.38. The normalized spacial score (nSPS) is 12.0. The van der Waals surface area contributed by atoms with Crippen LogP contribution in [0.4, 0.5) is 10.1 Å². The van der Waals surface area contributed by atoms with E-state index in [2.05, 4.69) is 15.6 Å². The van der Waals surface area contributed by atoms with Crippen LogP contribution < -0.4 is 20.1 Å². The summed E-state index contributed by atoms with van der Waals surface area (Å²) in [6.45, 7) is 2.58. The average Bonchev–Trinajstić information content (AvgIpc) is 2.66. The molecule has 0 fully saturated rings. The molecule has 0 amide bonds. The first-order valence-corrected chi connectivity index (χ1v) is 8.28. The third-order valence-corrected chi connectivity index (χ3v) is 3.68. The zero-order valence-corrected chi connectivity index (χ0v) is 17.9. The summed E-state index contributed by atoms with van der Waals surface area (Å²) < 4.78 is 24.2. The van der Waals surface area contributed by atoms with Gasteiger partial charge in [-0.05, 0) is 25.1 Å². The minimum absolute atomic E-state index is 0. The van der Waals surface area contributed by atoms with Crippen LogP contribution in [0, 0.1) is 5.82 Å². The smallest absolute Gasteiger partial charge is 0.195 e. The first kappa shape index (κ1) is 23.0. The van der Waals surface area contributed by atoms with E-state index >= 15 is 0 Å². The maximum atomic E-state index is 13.7. The van der Waals surface area contributed by atoms with Crippen LogP contribution in [0.5, 0.6) is 11.5 Å². The molecule has 0 saturated heterocycles. The summed E-state index contributed by atoms with van der Waals surface area (Å²) in [5.41, 5.74) is 0.959. The minimum atomic E-state index is -1.03. The molecule has 2 aromatic carbocycles. The van der Waals surface area contributed by atoms with Gasteiger partial charge in [-0.15, -0.1) is 24.0 Å². The second kappa shape index (κ2) is 11.6. The zero-order chi connectivity index (χ0) is 18.9. The van der Waals surface area contributed by atoms with E-state index < -0.39 is 11.9 Å². The van der Waals surface area contributed by atoms with Crippen molar-refractivity contribution in [1.82, 2.24) is 5.32 Å². The van der Waals surface area contributed by atoms with Crippen LogP contribution in [0.2, 0.25) is 0 Å². The molecule has 0 spiro atoms. The number of aliphatic hydroxyl groups excluding tert-OH is 1. The molecule has 0 aromatic heterocycles.